The molecule has 6 nitrogen and oxygen atoms in total. The van der Waals surface area contributed by atoms with Gasteiger partial charge in [0.2, 0.25) is 5.91 Å². The van der Waals surface area contributed by atoms with E-state index in [0.717, 1.165) is 32.7 Å². The predicted molar refractivity (Wildman–Crippen MR) is 87.9 cm³/mol. The Morgan fingerprint density at radius 1 is 1.13 bits per heavy atom. The lowest BCUT2D eigenvalue weighted by atomic mass is 10.1. The minimum Gasteiger partial charge on any atom is -0.336 e. The van der Waals surface area contributed by atoms with E-state index in [9.17, 15) is 9.59 Å². The van der Waals surface area contributed by atoms with E-state index < -0.39 is 0 Å². The minimum absolute atomic E-state index is 0.0866. The highest BCUT2D eigenvalue weighted by atomic mass is 16.2. The molecular formula is C17H24N4O2. The van der Waals surface area contributed by atoms with Crippen molar-refractivity contribution in [1.29, 1.82) is 0 Å². The lowest BCUT2D eigenvalue weighted by Gasteiger charge is -2.38. The molecular weight excluding hydrogens is 292 g/mol. The van der Waals surface area contributed by atoms with Gasteiger partial charge in [-0.15, -0.1) is 0 Å². The van der Waals surface area contributed by atoms with E-state index in [1.54, 1.807) is 0 Å². The van der Waals surface area contributed by atoms with Gasteiger partial charge >= 0.3 is 6.03 Å². The number of piperazine rings is 1. The number of amides is 3. The Morgan fingerprint density at radius 3 is 2.43 bits per heavy atom. The van der Waals surface area contributed by atoms with Crippen molar-refractivity contribution in [2.75, 3.05) is 39.3 Å². The third-order valence-electron chi connectivity index (χ3n) is 4.68. The molecule has 0 aromatic heterocycles. The number of nitrogens with zero attached hydrogens (tertiary/aromatic N) is 3. The number of hydrogen-bond donors (Lipinski definition) is 1. The topological polar surface area (TPSA) is 55.9 Å². The van der Waals surface area contributed by atoms with Crippen molar-refractivity contribution in [2.24, 2.45) is 0 Å². The van der Waals surface area contributed by atoms with Crippen LogP contribution in [0.5, 0.6) is 0 Å². The summed E-state index contributed by atoms with van der Waals surface area (Å²) in [6.07, 6.45) is 0. The molecule has 2 aliphatic rings. The Hall–Kier alpha value is -1.92. The van der Waals surface area contributed by atoms with E-state index in [1.807, 2.05) is 13.0 Å². The molecule has 0 spiro atoms. The number of nitrogens with one attached hydrogen (secondary N) is 1. The molecule has 0 bridgehead atoms. The van der Waals surface area contributed by atoms with Gasteiger partial charge in [0.25, 0.3) is 0 Å². The number of carbonyl (C=O) groups excluding carboxylic acids is 2. The Labute approximate surface area is 137 Å². The monoisotopic (exact) mass is 316 g/mol. The molecule has 2 aliphatic heterocycles. The van der Waals surface area contributed by atoms with Gasteiger partial charge in [-0.25, -0.2) is 4.79 Å². The average molecular weight is 316 g/mol. The number of urea groups is 1. The smallest absolute Gasteiger partial charge is 0.324 e. The van der Waals surface area contributed by atoms with Gasteiger partial charge in [0.1, 0.15) is 0 Å². The van der Waals surface area contributed by atoms with Gasteiger partial charge in [0.05, 0.1) is 6.04 Å². The zero-order valence-corrected chi connectivity index (χ0v) is 13.6. The maximum atomic E-state index is 12.4. The molecule has 124 valence electrons. The van der Waals surface area contributed by atoms with Crippen molar-refractivity contribution in [3.8, 4) is 0 Å². The van der Waals surface area contributed by atoms with Gasteiger partial charge in [-0.1, -0.05) is 30.3 Å². The van der Waals surface area contributed by atoms with Gasteiger partial charge in [-0.3, -0.25) is 19.5 Å². The summed E-state index contributed by atoms with van der Waals surface area (Å²) in [5.74, 6) is -0.0866. The van der Waals surface area contributed by atoms with Crippen molar-refractivity contribution in [3.63, 3.8) is 0 Å². The molecule has 23 heavy (non-hydrogen) atoms. The summed E-state index contributed by atoms with van der Waals surface area (Å²) in [6, 6.07) is 9.95. The molecule has 0 unspecified atom stereocenters. The van der Waals surface area contributed by atoms with Crippen LogP contribution >= 0.6 is 0 Å². The minimum atomic E-state index is -0.260. The largest absolute Gasteiger partial charge is 0.336 e. The standard InChI is InChI=1S/C17H24N4O2/c1-14(16(22)21-8-7-18-17(21)23)20-11-9-19(10-12-20)13-15-5-3-2-4-6-15/h2-6,14H,7-13H2,1H3,(H,18,23)/t14-/m0/s1. The first-order valence-corrected chi connectivity index (χ1v) is 8.24. The first kappa shape index (κ1) is 16.0. The Kier molecular flexibility index (Phi) is 4.93. The van der Waals surface area contributed by atoms with Crippen molar-refractivity contribution < 1.29 is 9.59 Å². The summed E-state index contributed by atoms with van der Waals surface area (Å²) in [5, 5.41) is 2.68. The van der Waals surface area contributed by atoms with Crippen LogP contribution in [0.25, 0.3) is 0 Å². The van der Waals surface area contributed by atoms with Crippen LogP contribution in [0.4, 0.5) is 4.79 Å². The summed E-state index contributed by atoms with van der Waals surface area (Å²) >= 11 is 0. The molecule has 0 radical (unpaired) electrons. The zero-order valence-electron chi connectivity index (χ0n) is 13.6. The maximum absolute atomic E-state index is 12.4. The van der Waals surface area contributed by atoms with E-state index in [2.05, 4.69) is 39.4 Å². The summed E-state index contributed by atoms with van der Waals surface area (Å²) in [6.45, 7) is 7.49. The molecule has 3 rings (SSSR count). The number of benzene rings is 1. The van der Waals surface area contributed by atoms with Crippen LogP contribution in [0.2, 0.25) is 0 Å². The predicted octanol–water partition coefficient (Wildman–Crippen LogP) is 0.745. The maximum Gasteiger partial charge on any atom is 0.324 e. The first-order chi connectivity index (χ1) is 11.1. The Balaban J connectivity index is 1.50. The molecule has 1 aromatic carbocycles. The highest BCUT2D eigenvalue weighted by molar-refractivity contribution is 5.98. The summed E-state index contributed by atoms with van der Waals surface area (Å²) in [7, 11) is 0. The number of rotatable bonds is 4. The van der Waals surface area contributed by atoms with Crippen LogP contribution in [0.3, 0.4) is 0 Å². The highest BCUT2D eigenvalue weighted by Gasteiger charge is 2.33. The summed E-state index contributed by atoms with van der Waals surface area (Å²) in [4.78, 5) is 30.0. The highest BCUT2D eigenvalue weighted by Crippen LogP contribution is 2.13. The molecule has 2 saturated heterocycles. The second-order valence-electron chi connectivity index (χ2n) is 6.20. The van der Waals surface area contributed by atoms with E-state index >= 15 is 0 Å². The van der Waals surface area contributed by atoms with E-state index in [4.69, 9.17) is 0 Å². The van der Waals surface area contributed by atoms with Crippen LogP contribution in [0.1, 0.15) is 12.5 Å². The fraction of sp³-hybridized carbons (Fsp3) is 0.529. The van der Waals surface area contributed by atoms with Gasteiger partial charge in [0, 0.05) is 45.8 Å². The van der Waals surface area contributed by atoms with Gasteiger partial charge in [-0.2, -0.15) is 0 Å². The third kappa shape index (κ3) is 3.71. The van der Waals surface area contributed by atoms with Gasteiger partial charge in [0.15, 0.2) is 0 Å². The van der Waals surface area contributed by atoms with Crippen LogP contribution < -0.4 is 5.32 Å². The van der Waals surface area contributed by atoms with Crippen LogP contribution in [-0.4, -0.2) is 71.9 Å². The molecule has 2 fully saturated rings. The second-order valence-corrected chi connectivity index (χ2v) is 6.20. The first-order valence-electron chi connectivity index (χ1n) is 8.24. The molecule has 1 N–H and O–H groups in total. The number of imide groups is 1. The fourth-order valence-electron chi connectivity index (χ4n) is 3.21. The quantitative estimate of drug-likeness (QED) is 0.890. The van der Waals surface area contributed by atoms with E-state index in [-0.39, 0.29) is 18.0 Å². The van der Waals surface area contributed by atoms with Crippen LogP contribution in [-0.2, 0) is 11.3 Å². The second kappa shape index (κ2) is 7.10. The van der Waals surface area contributed by atoms with Crippen LogP contribution in [0, 0.1) is 0 Å². The molecule has 3 amide bonds. The Bertz CT molecular complexity index is 555. The third-order valence-corrected chi connectivity index (χ3v) is 4.68. The normalized spacial score (nSPS) is 21.3. The van der Waals surface area contributed by atoms with E-state index in [1.165, 1.54) is 10.5 Å². The fourth-order valence-corrected chi connectivity index (χ4v) is 3.21. The Morgan fingerprint density at radius 2 is 1.83 bits per heavy atom. The van der Waals surface area contributed by atoms with Crippen molar-refractivity contribution in [3.05, 3.63) is 35.9 Å². The summed E-state index contributed by atoms with van der Waals surface area (Å²) < 4.78 is 0. The van der Waals surface area contributed by atoms with Crippen molar-refractivity contribution >= 4 is 11.9 Å². The van der Waals surface area contributed by atoms with Crippen molar-refractivity contribution in [1.82, 2.24) is 20.0 Å². The number of hydrogen-bond acceptors (Lipinski definition) is 4. The average Bonchev–Trinajstić information content (AvgIpc) is 3.01. The number of carbonyl (C=O) groups is 2. The molecule has 1 atom stereocenters. The molecule has 6 heteroatoms. The van der Waals surface area contributed by atoms with Crippen molar-refractivity contribution in [2.45, 2.75) is 19.5 Å². The summed E-state index contributed by atoms with van der Waals surface area (Å²) in [5.41, 5.74) is 1.32. The molecule has 1 aromatic rings. The molecule has 0 saturated carbocycles. The zero-order chi connectivity index (χ0) is 16.2. The van der Waals surface area contributed by atoms with Gasteiger partial charge < -0.3 is 5.32 Å². The molecule has 0 aliphatic carbocycles. The molecule has 2 heterocycles. The SMILES string of the molecule is C[C@@H](C(=O)N1CCNC1=O)N1CCN(Cc2ccccc2)CC1. The van der Waals surface area contributed by atoms with Gasteiger partial charge in [-0.05, 0) is 12.5 Å². The lowest BCUT2D eigenvalue weighted by Crippen LogP contribution is -2.54. The van der Waals surface area contributed by atoms with Crippen LogP contribution in [0.15, 0.2) is 30.3 Å². The van der Waals surface area contributed by atoms with E-state index in [0.29, 0.717) is 13.1 Å². The lowest BCUT2D eigenvalue weighted by molar-refractivity contribution is -0.133.